The summed E-state index contributed by atoms with van der Waals surface area (Å²) in [6, 6.07) is 11.9. The van der Waals surface area contributed by atoms with Gasteiger partial charge < -0.3 is 9.72 Å². The molecule has 2 aromatic carbocycles. The van der Waals surface area contributed by atoms with Crippen molar-refractivity contribution in [3.63, 3.8) is 0 Å². The molecule has 0 bridgehead atoms. The lowest BCUT2D eigenvalue weighted by Gasteiger charge is -2.09. The van der Waals surface area contributed by atoms with Crippen molar-refractivity contribution in [2.24, 2.45) is 0 Å². The van der Waals surface area contributed by atoms with Crippen LogP contribution in [0.5, 0.6) is 5.75 Å². The van der Waals surface area contributed by atoms with Crippen LogP contribution >= 0.6 is 31.9 Å². The fourth-order valence-electron chi connectivity index (χ4n) is 2.49. The van der Waals surface area contributed by atoms with Gasteiger partial charge in [0.2, 0.25) is 0 Å². The Kier molecular flexibility index (Phi) is 5.46. The maximum absolute atomic E-state index is 9.58. The number of nitrogens with zero attached hydrogens (tertiary/aromatic N) is 2. The quantitative estimate of drug-likeness (QED) is 0.406. The highest BCUT2D eigenvalue weighted by atomic mass is 79.9. The Morgan fingerprint density at radius 1 is 1.31 bits per heavy atom. The molecule has 1 heterocycles. The number of H-pyrrole nitrogens is 1. The molecule has 0 amide bonds. The van der Waals surface area contributed by atoms with Crippen LogP contribution in [-0.4, -0.2) is 16.6 Å². The maximum Gasteiger partial charge on any atom is 0.149 e. The van der Waals surface area contributed by atoms with Crippen LogP contribution in [-0.2, 0) is 0 Å². The molecule has 0 aliphatic heterocycles. The Morgan fingerprint density at radius 3 is 2.69 bits per heavy atom. The number of nitriles is 1. The Bertz CT molecular complexity index is 1080. The van der Waals surface area contributed by atoms with Crippen molar-refractivity contribution in [3.05, 3.63) is 56.2 Å². The van der Waals surface area contributed by atoms with E-state index in [0.717, 1.165) is 31.1 Å². The van der Waals surface area contributed by atoms with Crippen LogP contribution in [0.4, 0.5) is 0 Å². The Hall–Kier alpha value is -2.54. The molecule has 3 aromatic rings. The first kappa shape index (κ1) is 18.3. The highest BCUT2D eigenvalue weighted by Gasteiger charge is 2.11. The van der Waals surface area contributed by atoms with Gasteiger partial charge >= 0.3 is 0 Å². The number of fused-ring (bicyclic) bond motifs is 1. The molecule has 0 spiro atoms. The SMILES string of the molecule is C#CCOc1c(Br)cc(C=C(C#N)c2nc3ccc(C)cc3[nH]2)cc1Br. The number of aryl methyl sites for hydroxylation is 1. The van der Waals surface area contributed by atoms with E-state index in [1.165, 1.54) is 0 Å². The van der Waals surface area contributed by atoms with E-state index in [2.05, 4.69) is 53.8 Å². The number of rotatable bonds is 4. The van der Waals surface area contributed by atoms with Gasteiger partial charge in [-0.3, -0.25) is 0 Å². The lowest BCUT2D eigenvalue weighted by Crippen LogP contribution is -1.96. The normalized spacial score (nSPS) is 11.2. The molecule has 0 aliphatic rings. The summed E-state index contributed by atoms with van der Waals surface area (Å²) in [5, 5.41) is 9.58. The highest BCUT2D eigenvalue weighted by Crippen LogP contribution is 2.35. The first-order valence-corrected chi connectivity index (χ1v) is 9.24. The van der Waals surface area contributed by atoms with Crippen LogP contribution in [0.15, 0.2) is 39.3 Å². The van der Waals surface area contributed by atoms with Crippen LogP contribution in [0.1, 0.15) is 17.0 Å². The van der Waals surface area contributed by atoms with Gasteiger partial charge in [-0.25, -0.2) is 4.98 Å². The lowest BCUT2D eigenvalue weighted by molar-refractivity contribution is 0.365. The molecule has 0 unspecified atom stereocenters. The third-order valence-electron chi connectivity index (χ3n) is 3.64. The molecule has 128 valence electrons. The van der Waals surface area contributed by atoms with E-state index < -0.39 is 0 Å². The number of benzene rings is 2. The topological polar surface area (TPSA) is 61.7 Å². The molecule has 1 aromatic heterocycles. The molecule has 0 fully saturated rings. The standard InChI is InChI=1S/C20H13Br2N3O/c1-3-6-26-19-15(21)9-13(10-16(19)22)8-14(11-23)20-24-17-5-4-12(2)7-18(17)25-20/h1,4-5,7-10H,6H2,2H3,(H,24,25). The summed E-state index contributed by atoms with van der Waals surface area (Å²) >= 11 is 6.95. The zero-order valence-electron chi connectivity index (χ0n) is 13.8. The smallest absolute Gasteiger partial charge is 0.149 e. The van der Waals surface area contributed by atoms with Crippen molar-refractivity contribution in [1.82, 2.24) is 9.97 Å². The molecular weight excluding hydrogens is 458 g/mol. The van der Waals surface area contributed by atoms with Crippen molar-refractivity contribution in [2.75, 3.05) is 6.61 Å². The first-order chi connectivity index (χ1) is 12.5. The third-order valence-corrected chi connectivity index (χ3v) is 4.82. The molecule has 3 rings (SSSR count). The van der Waals surface area contributed by atoms with Gasteiger partial charge in [-0.1, -0.05) is 12.0 Å². The molecule has 0 radical (unpaired) electrons. The van der Waals surface area contributed by atoms with E-state index in [1.807, 2.05) is 37.3 Å². The number of halogens is 2. The van der Waals surface area contributed by atoms with E-state index >= 15 is 0 Å². The molecule has 26 heavy (non-hydrogen) atoms. The molecule has 0 saturated carbocycles. The zero-order chi connectivity index (χ0) is 18.7. The first-order valence-electron chi connectivity index (χ1n) is 7.65. The average Bonchev–Trinajstić information content (AvgIpc) is 3.01. The highest BCUT2D eigenvalue weighted by molar-refractivity contribution is 9.11. The summed E-state index contributed by atoms with van der Waals surface area (Å²) in [7, 11) is 0. The number of hydrogen-bond donors (Lipinski definition) is 1. The van der Waals surface area contributed by atoms with Gasteiger partial charge in [-0.2, -0.15) is 5.26 Å². The van der Waals surface area contributed by atoms with Crippen molar-refractivity contribution >= 4 is 54.5 Å². The predicted molar refractivity (Wildman–Crippen MR) is 110 cm³/mol. The number of terminal acetylenes is 1. The van der Waals surface area contributed by atoms with Crippen LogP contribution < -0.4 is 4.74 Å². The van der Waals surface area contributed by atoms with Crippen molar-refractivity contribution in [3.8, 4) is 24.2 Å². The van der Waals surface area contributed by atoms with Gasteiger partial charge in [-0.05, 0) is 80.3 Å². The van der Waals surface area contributed by atoms with Gasteiger partial charge in [-0.15, -0.1) is 6.42 Å². The fourth-order valence-corrected chi connectivity index (χ4v) is 3.94. The summed E-state index contributed by atoms with van der Waals surface area (Å²) < 4.78 is 6.99. The number of allylic oxidation sites excluding steroid dienone is 1. The lowest BCUT2D eigenvalue weighted by atomic mass is 10.1. The molecular formula is C20H13Br2N3O. The molecule has 4 nitrogen and oxygen atoms in total. The van der Waals surface area contributed by atoms with Gasteiger partial charge in [0.15, 0.2) is 0 Å². The van der Waals surface area contributed by atoms with E-state index in [4.69, 9.17) is 11.2 Å². The number of nitrogens with one attached hydrogen (secondary N) is 1. The molecule has 0 saturated heterocycles. The Balaban J connectivity index is 2.01. The summed E-state index contributed by atoms with van der Waals surface area (Å²) in [4.78, 5) is 7.71. The van der Waals surface area contributed by atoms with Crippen LogP contribution in [0, 0.1) is 30.6 Å². The second-order valence-corrected chi connectivity index (χ2v) is 7.29. The van der Waals surface area contributed by atoms with Crippen LogP contribution in [0.25, 0.3) is 22.7 Å². The van der Waals surface area contributed by atoms with Gasteiger partial charge in [0.1, 0.15) is 24.3 Å². The van der Waals surface area contributed by atoms with E-state index in [-0.39, 0.29) is 6.61 Å². The second kappa shape index (κ2) is 7.78. The number of aromatic nitrogens is 2. The zero-order valence-corrected chi connectivity index (χ0v) is 17.0. The average molecular weight is 471 g/mol. The summed E-state index contributed by atoms with van der Waals surface area (Å²) in [6.45, 7) is 2.19. The Morgan fingerprint density at radius 2 is 2.04 bits per heavy atom. The minimum Gasteiger partial charge on any atom is -0.479 e. The Labute approximate surface area is 168 Å². The third kappa shape index (κ3) is 3.83. The summed E-state index contributed by atoms with van der Waals surface area (Å²) in [6.07, 6.45) is 7.00. The summed E-state index contributed by atoms with van der Waals surface area (Å²) in [5.74, 6) is 3.59. The number of hydrogen-bond acceptors (Lipinski definition) is 3. The number of ether oxygens (including phenoxy) is 1. The minimum atomic E-state index is 0.175. The largest absolute Gasteiger partial charge is 0.479 e. The van der Waals surface area contributed by atoms with Gasteiger partial charge in [0.25, 0.3) is 0 Å². The van der Waals surface area contributed by atoms with Crippen molar-refractivity contribution in [2.45, 2.75) is 6.92 Å². The van der Waals surface area contributed by atoms with E-state index in [1.54, 1.807) is 6.08 Å². The van der Waals surface area contributed by atoms with Gasteiger partial charge in [0.05, 0.1) is 25.6 Å². The monoisotopic (exact) mass is 469 g/mol. The molecule has 0 atom stereocenters. The number of aromatic amines is 1. The van der Waals surface area contributed by atoms with E-state index in [9.17, 15) is 5.26 Å². The van der Waals surface area contributed by atoms with Crippen molar-refractivity contribution in [1.29, 1.82) is 5.26 Å². The predicted octanol–water partition coefficient (Wildman–Crippen LogP) is 5.47. The summed E-state index contributed by atoms with van der Waals surface area (Å²) in [5.41, 5.74) is 4.12. The van der Waals surface area contributed by atoms with Crippen LogP contribution in [0.3, 0.4) is 0 Å². The van der Waals surface area contributed by atoms with E-state index in [0.29, 0.717) is 17.1 Å². The minimum absolute atomic E-state index is 0.175. The second-order valence-electron chi connectivity index (χ2n) is 5.58. The van der Waals surface area contributed by atoms with Crippen molar-refractivity contribution < 1.29 is 4.74 Å². The molecule has 6 heteroatoms. The number of imidazole rings is 1. The van der Waals surface area contributed by atoms with Gasteiger partial charge in [0, 0.05) is 0 Å². The molecule has 0 aliphatic carbocycles. The maximum atomic E-state index is 9.58. The fraction of sp³-hybridized carbons (Fsp3) is 0.100. The molecule has 1 N–H and O–H groups in total. The van der Waals surface area contributed by atoms with Crippen LogP contribution in [0.2, 0.25) is 0 Å².